The van der Waals surface area contributed by atoms with Crippen molar-refractivity contribution in [1.29, 1.82) is 0 Å². The third-order valence-corrected chi connectivity index (χ3v) is 4.79. The van der Waals surface area contributed by atoms with E-state index in [0.717, 1.165) is 5.69 Å². The van der Waals surface area contributed by atoms with Gasteiger partial charge in [0.15, 0.2) is 6.23 Å². The fourth-order valence-electron chi connectivity index (χ4n) is 3.58. The summed E-state index contributed by atoms with van der Waals surface area (Å²) in [5.41, 5.74) is 2.26. The van der Waals surface area contributed by atoms with Crippen molar-refractivity contribution in [3.63, 3.8) is 0 Å². The summed E-state index contributed by atoms with van der Waals surface area (Å²) in [5, 5.41) is 10.3. The number of nitrogens with zero attached hydrogens (tertiary/aromatic N) is 1. The molecule has 1 fully saturated rings. The van der Waals surface area contributed by atoms with Gasteiger partial charge in [-0.05, 0) is 22.2 Å². The lowest BCUT2D eigenvalue weighted by Crippen LogP contribution is -2.20. The fraction of sp³-hybridized carbons (Fsp3) is 0.0909. The highest BCUT2D eigenvalue weighted by molar-refractivity contribution is 5.94. The maximum Gasteiger partial charge on any atom is 0.164 e. The van der Waals surface area contributed by atoms with Crippen molar-refractivity contribution in [3.8, 4) is 0 Å². The second kappa shape index (κ2) is 5.88. The number of nitrogens with one attached hydrogen (secondary N) is 1. The molecule has 4 aromatic rings. The van der Waals surface area contributed by atoms with E-state index in [1.807, 2.05) is 5.06 Å². The van der Waals surface area contributed by atoms with Gasteiger partial charge in [-0.25, -0.2) is 9.90 Å². The topological polar surface area (TPSA) is 24.5 Å². The van der Waals surface area contributed by atoms with E-state index < -0.39 is 0 Å². The Morgan fingerprint density at radius 3 is 2.20 bits per heavy atom. The minimum Gasteiger partial charge on any atom is -0.266 e. The molecule has 0 spiro atoms. The monoisotopic (exact) mass is 326 g/mol. The SMILES string of the molecule is c1ccc2c(C3NCN(c4cccc5ccccc45)O3)cccc2c1. The summed E-state index contributed by atoms with van der Waals surface area (Å²) >= 11 is 0. The van der Waals surface area contributed by atoms with Crippen LogP contribution in [0.5, 0.6) is 0 Å². The highest BCUT2D eigenvalue weighted by Gasteiger charge is 2.26. The van der Waals surface area contributed by atoms with Crippen LogP contribution in [0.2, 0.25) is 0 Å². The molecule has 0 bridgehead atoms. The molecule has 122 valence electrons. The zero-order valence-corrected chi connectivity index (χ0v) is 13.7. The number of hydrogen-bond acceptors (Lipinski definition) is 3. The van der Waals surface area contributed by atoms with Gasteiger partial charge in [-0.15, -0.1) is 0 Å². The van der Waals surface area contributed by atoms with Gasteiger partial charge in [0.05, 0.1) is 12.4 Å². The molecule has 0 amide bonds. The van der Waals surface area contributed by atoms with Crippen LogP contribution in [0.4, 0.5) is 5.69 Å². The molecule has 0 aliphatic carbocycles. The van der Waals surface area contributed by atoms with Gasteiger partial charge in [-0.2, -0.15) is 0 Å². The summed E-state index contributed by atoms with van der Waals surface area (Å²) in [7, 11) is 0. The molecular formula is C22H18N2O. The van der Waals surface area contributed by atoms with Crippen LogP contribution in [0.3, 0.4) is 0 Å². The molecule has 5 rings (SSSR count). The van der Waals surface area contributed by atoms with Crippen LogP contribution in [0.25, 0.3) is 21.5 Å². The van der Waals surface area contributed by atoms with Gasteiger partial charge in [0.1, 0.15) is 0 Å². The lowest BCUT2D eigenvalue weighted by Gasteiger charge is -2.19. The van der Waals surface area contributed by atoms with E-state index in [-0.39, 0.29) is 6.23 Å². The van der Waals surface area contributed by atoms with E-state index in [0.29, 0.717) is 6.67 Å². The van der Waals surface area contributed by atoms with Crippen LogP contribution in [0.1, 0.15) is 11.8 Å². The average molecular weight is 326 g/mol. The number of benzene rings is 4. The van der Waals surface area contributed by atoms with Crippen LogP contribution >= 0.6 is 0 Å². The number of hydroxylamine groups is 1. The summed E-state index contributed by atoms with van der Waals surface area (Å²) in [5.74, 6) is 0. The largest absolute Gasteiger partial charge is 0.266 e. The van der Waals surface area contributed by atoms with E-state index in [9.17, 15) is 0 Å². The molecule has 4 aromatic carbocycles. The first-order valence-corrected chi connectivity index (χ1v) is 8.53. The second-order valence-electron chi connectivity index (χ2n) is 6.29. The smallest absolute Gasteiger partial charge is 0.164 e. The first-order chi connectivity index (χ1) is 12.4. The van der Waals surface area contributed by atoms with E-state index in [1.165, 1.54) is 27.1 Å². The Morgan fingerprint density at radius 2 is 1.36 bits per heavy atom. The Balaban J connectivity index is 1.52. The Morgan fingerprint density at radius 1 is 0.720 bits per heavy atom. The van der Waals surface area contributed by atoms with Crippen LogP contribution < -0.4 is 10.4 Å². The standard InChI is InChI=1S/C22H18N2O/c1-3-11-18-16(7-1)9-5-13-20(18)22-23-15-24(25-22)21-14-6-10-17-8-2-4-12-19(17)21/h1-14,22-23H,15H2. The molecule has 1 heterocycles. The van der Waals surface area contributed by atoms with Crippen LogP contribution in [-0.2, 0) is 4.84 Å². The first-order valence-electron chi connectivity index (χ1n) is 8.53. The average Bonchev–Trinajstić information content (AvgIpc) is 3.17. The predicted octanol–water partition coefficient (Wildman–Crippen LogP) is 4.99. The minimum atomic E-state index is -0.148. The van der Waals surface area contributed by atoms with E-state index >= 15 is 0 Å². The molecule has 25 heavy (non-hydrogen) atoms. The molecule has 1 saturated heterocycles. The Kier molecular flexibility index (Phi) is 3.40. The van der Waals surface area contributed by atoms with Gasteiger partial charge in [-0.3, -0.25) is 5.32 Å². The van der Waals surface area contributed by atoms with Gasteiger partial charge < -0.3 is 0 Å². The summed E-state index contributed by atoms with van der Waals surface area (Å²) in [4.78, 5) is 6.27. The van der Waals surface area contributed by atoms with E-state index in [1.54, 1.807) is 0 Å². The van der Waals surface area contributed by atoms with Gasteiger partial charge in [-0.1, -0.05) is 78.9 Å². The van der Waals surface area contributed by atoms with Crippen LogP contribution in [0, 0.1) is 0 Å². The molecule has 3 heteroatoms. The normalized spacial score (nSPS) is 17.4. The lowest BCUT2D eigenvalue weighted by atomic mass is 10.0. The summed E-state index contributed by atoms with van der Waals surface area (Å²) in [6.07, 6.45) is -0.148. The quantitative estimate of drug-likeness (QED) is 0.561. The summed E-state index contributed by atoms with van der Waals surface area (Å²) < 4.78 is 0. The maximum absolute atomic E-state index is 6.27. The molecule has 0 aromatic heterocycles. The van der Waals surface area contributed by atoms with Crippen LogP contribution in [0.15, 0.2) is 84.9 Å². The molecule has 0 saturated carbocycles. The number of anilines is 1. The van der Waals surface area contributed by atoms with Crippen LogP contribution in [-0.4, -0.2) is 6.67 Å². The Hall–Kier alpha value is -2.88. The van der Waals surface area contributed by atoms with Crippen molar-refractivity contribution in [2.75, 3.05) is 11.7 Å². The molecular weight excluding hydrogens is 308 g/mol. The van der Waals surface area contributed by atoms with Gasteiger partial charge >= 0.3 is 0 Å². The van der Waals surface area contributed by atoms with E-state index in [4.69, 9.17) is 4.84 Å². The van der Waals surface area contributed by atoms with Gasteiger partial charge in [0, 0.05) is 10.9 Å². The van der Waals surface area contributed by atoms with Crippen molar-refractivity contribution in [2.24, 2.45) is 0 Å². The van der Waals surface area contributed by atoms with E-state index in [2.05, 4.69) is 90.2 Å². The summed E-state index contributed by atoms with van der Waals surface area (Å²) in [6, 6.07) is 29.5. The zero-order chi connectivity index (χ0) is 16.6. The number of hydrogen-bond donors (Lipinski definition) is 1. The predicted molar refractivity (Wildman–Crippen MR) is 102 cm³/mol. The third kappa shape index (κ3) is 2.45. The molecule has 1 N–H and O–H groups in total. The molecule has 1 aliphatic heterocycles. The molecule has 0 radical (unpaired) electrons. The molecule has 1 atom stereocenters. The third-order valence-electron chi connectivity index (χ3n) is 4.79. The second-order valence-corrected chi connectivity index (χ2v) is 6.29. The molecule has 1 unspecified atom stereocenters. The highest BCUT2D eigenvalue weighted by atomic mass is 16.7. The number of rotatable bonds is 2. The maximum atomic E-state index is 6.27. The van der Waals surface area contributed by atoms with Crippen molar-refractivity contribution in [3.05, 3.63) is 90.5 Å². The lowest BCUT2D eigenvalue weighted by molar-refractivity contribution is 0.0804. The molecule has 3 nitrogen and oxygen atoms in total. The minimum absolute atomic E-state index is 0.148. The highest BCUT2D eigenvalue weighted by Crippen LogP contribution is 2.33. The van der Waals surface area contributed by atoms with Gasteiger partial charge in [0.2, 0.25) is 0 Å². The first kappa shape index (κ1) is 14.5. The van der Waals surface area contributed by atoms with Crippen molar-refractivity contribution < 1.29 is 4.84 Å². The fourth-order valence-corrected chi connectivity index (χ4v) is 3.58. The summed E-state index contributed by atoms with van der Waals surface area (Å²) in [6.45, 7) is 0.655. The van der Waals surface area contributed by atoms with Gasteiger partial charge in [0.25, 0.3) is 0 Å². The van der Waals surface area contributed by atoms with Crippen molar-refractivity contribution >= 4 is 27.2 Å². The Labute approximate surface area is 146 Å². The Bertz CT molecular complexity index is 964. The van der Waals surface area contributed by atoms with Crippen molar-refractivity contribution in [2.45, 2.75) is 6.23 Å². The number of fused-ring (bicyclic) bond motifs is 2. The zero-order valence-electron chi connectivity index (χ0n) is 13.7. The molecule has 1 aliphatic rings. The van der Waals surface area contributed by atoms with Crippen molar-refractivity contribution in [1.82, 2.24) is 5.32 Å².